The normalized spacial score (nSPS) is 16.4. The van der Waals surface area contributed by atoms with Gasteiger partial charge in [0.05, 0.1) is 19.1 Å². The molecule has 1 aliphatic heterocycles. The van der Waals surface area contributed by atoms with Gasteiger partial charge in [-0.3, -0.25) is 0 Å². The van der Waals surface area contributed by atoms with Gasteiger partial charge in [-0.2, -0.15) is 4.98 Å². The molecule has 0 bridgehead atoms. The summed E-state index contributed by atoms with van der Waals surface area (Å²) in [6, 6.07) is 0. The Bertz CT molecular complexity index is 329. The molecule has 14 heavy (non-hydrogen) atoms. The van der Waals surface area contributed by atoms with E-state index in [1.54, 1.807) is 6.20 Å². The maximum Gasteiger partial charge on any atom is 0.221 e. The number of aryl methyl sites for hydroxylation is 1. The molecule has 1 aromatic rings. The maximum atomic E-state index is 5.74. The van der Waals surface area contributed by atoms with E-state index in [2.05, 4.69) is 9.97 Å². The van der Waals surface area contributed by atoms with Gasteiger partial charge in [-0.15, -0.1) is 11.6 Å². The average molecular weight is 215 g/mol. The summed E-state index contributed by atoms with van der Waals surface area (Å²) in [5.41, 5.74) is 0.823. The van der Waals surface area contributed by atoms with Crippen LogP contribution in [0, 0.1) is 6.92 Å². The van der Waals surface area contributed by atoms with Crippen molar-refractivity contribution < 1.29 is 9.47 Å². The number of rotatable bonds is 3. The number of aromatic nitrogens is 2. The number of halogens is 1. The molecule has 1 saturated heterocycles. The molecule has 2 rings (SSSR count). The first-order chi connectivity index (χ1) is 6.79. The predicted octanol–water partition coefficient (Wildman–Crippen LogP) is 1.30. The molecular weight excluding hydrogens is 204 g/mol. The Labute approximate surface area is 87.2 Å². The van der Waals surface area contributed by atoms with Crippen molar-refractivity contribution in [3.05, 3.63) is 17.6 Å². The van der Waals surface area contributed by atoms with E-state index >= 15 is 0 Å². The van der Waals surface area contributed by atoms with Gasteiger partial charge in [0.2, 0.25) is 5.88 Å². The van der Waals surface area contributed by atoms with Gasteiger partial charge in [0.25, 0.3) is 0 Å². The lowest BCUT2D eigenvalue weighted by Gasteiger charge is -2.26. The van der Waals surface area contributed by atoms with Gasteiger partial charge in [-0.05, 0) is 6.92 Å². The second kappa shape index (κ2) is 4.11. The number of hydrogen-bond acceptors (Lipinski definition) is 4. The van der Waals surface area contributed by atoms with Crippen molar-refractivity contribution in [3.8, 4) is 5.88 Å². The van der Waals surface area contributed by atoms with E-state index in [-0.39, 0.29) is 6.10 Å². The zero-order chi connectivity index (χ0) is 9.97. The molecule has 0 spiro atoms. The molecule has 0 amide bonds. The fourth-order valence-corrected chi connectivity index (χ4v) is 1.29. The highest BCUT2D eigenvalue weighted by Crippen LogP contribution is 2.20. The predicted molar refractivity (Wildman–Crippen MR) is 51.6 cm³/mol. The summed E-state index contributed by atoms with van der Waals surface area (Å²) >= 11 is 5.74. The van der Waals surface area contributed by atoms with Gasteiger partial charge in [-0.1, -0.05) is 0 Å². The van der Waals surface area contributed by atoms with Gasteiger partial charge in [0, 0.05) is 11.8 Å². The fourth-order valence-electron chi connectivity index (χ4n) is 1.11. The monoisotopic (exact) mass is 214 g/mol. The molecule has 4 nitrogen and oxygen atoms in total. The Morgan fingerprint density at radius 1 is 1.64 bits per heavy atom. The Morgan fingerprint density at radius 2 is 2.43 bits per heavy atom. The van der Waals surface area contributed by atoms with E-state index in [0.717, 1.165) is 5.56 Å². The van der Waals surface area contributed by atoms with Crippen LogP contribution in [0.15, 0.2) is 6.20 Å². The molecule has 1 aromatic heterocycles. The Balaban J connectivity index is 2.15. The maximum absolute atomic E-state index is 5.74. The van der Waals surface area contributed by atoms with Crippen LogP contribution in [0.1, 0.15) is 11.4 Å². The van der Waals surface area contributed by atoms with Crippen molar-refractivity contribution in [2.45, 2.75) is 18.9 Å². The molecular formula is C9H11ClN2O2. The summed E-state index contributed by atoms with van der Waals surface area (Å²) < 4.78 is 10.6. The second-order valence-corrected chi connectivity index (χ2v) is 3.43. The number of hydrogen-bond donors (Lipinski definition) is 0. The highest BCUT2D eigenvalue weighted by Gasteiger charge is 2.22. The van der Waals surface area contributed by atoms with Crippen LogP contribution in [0.25, 0.3) is 0 Å². The van der Waals surface area contributed by atoms with Crippen LogP contribution < -0.4 is 4.74 Å². The average Bonchev–Trinajstić information content (AvgIpc) is 2.12. The van der Waals surface area contributed by atoms with E-state index in [1.165, 1.54) is 0 Å². The van der Waals surface area contributed by atoms with E-state index < -0.39 is 0 Å². The topological polar surface area (TPSA) is 44.2 Å². The summed E-state index contributed by atoms with van der Waals surface area (Å²) in [6.07, 6.45) is 1.82. The van der Waals surface area contributed by atoms with Gasteiger partial charge in [0.1, 0.15) is 11.9 Å². The largest absolute Gasteiger partial charge is 0.469 e. The molecule has 0 aromatic carbocycles. The minimum Gasteiger partial charge on any atom is -0.469 e. The lowest BCUT2D eigenvalue weighted by atomic mass is 10.3. The van der Waals surface area contributed by atoms with Crippen LogP contribution in [0.4, 0.5) is 0 Å². The van der Waals surface area contributed by atoms with E-state index in [9.17, 15) is 0 Å². The highest BCUT2D eigenvalue weighted by molar-refractivity contribution is 6.17. The molecule has 0 N–H and O–H groups in total. The molecule has 0 aliphatic carbocycles. The van der Waals surface area contributed by atoms with Gasteiger partial charge in [-0.25, -0.2) is 4.98 Å². The first kappa shape index (κ1) is 9.68. The van der Waals surface area contributed by atoms with Crippen molar-refractivity contribution in [3.63, 3.8) is 0 Å². The van der Waals surface area contributed by atoms with Gasteiger partial charge in [0.15, 0.2) is 0 Å². The number of alkyl halides is 1. The Hall–Kier alpha value is -0.870. The molecule has 76 valence electrons. The zero-order valence-electron chi connectivity index (χ0n) is 7.86. The van der Waals surface area contributed by atoms with Crippen molar-refractivity contribution in [2.24, 2.45) is 0 Å². The summed E-state index contributed by atoms with van der Waals surface area (Å²) in [5, 5.41) is 0. The van der Waals surface area contributed by atoms with Crippen molar-refractivity contribution in [1.29, 1.82) is 0 Å². The number of ether oxygens (including phenoxy) is 2. The third kappa shape index (κ3) is 1.96. The van der Waals surface area contributed by atoms with E-state index in [1.807, 2.05) is 6.92 Å². The Kier molecular flexibility index (Phi) is 2.84. The zero-order valence-corrected chi connectivity index (χ0v) is 8.62. The molecule has 1 fully saturated rings. The van der Waals surface area contributed by atoms with Crippen LogP contribution in [0.3, 0.4) is 0 Å². The third-order valence-corrected chi connectivity index (χ3v) is 2.26. The quantitative estimate of drug-likeness (QED) is 0.712. The molecule has 0 unspecified atom stereocenters. The minimum atomic E-state index is 0.117. The molecule has 1 aliphatic rings. The summed E-state index contributed by atoms with van der Waals surface area (Å²) in [5.74, 6) is 1.64. The summed E-state index contributed by atoms with van der Waals surface area (Å²) in [6.45, 7) is 3.08. The van der Waals surface area contributed by atoms with Crippen LogP contribution in [0.2, 0.25) is 0 Å². The fraction of sp³-hybridized carbons (Fsp3) is 0.556. The second-order valence-electron chi connectivity index (χ2n) is 3.16. The summed E-state index contributed by atoms with van der Waals surface area (Å²) in [4.78, 5) is 8.25. The molecule has 0 saturated carbocycles. The molecule has 0 atom stereocenters. The minimum absolute atomic E-state index is 0.117. The smallest absolute Gasteiger partial charge is 0.221 e. The first-order valence-corrected chi connectivity index (χ1v) is 4.96. The molecule has 0 radical (unpaired) electrons. The lowest BCUT2D eigenvalue weighted by Crippen LogP contribution is -2.39. The van der Waals surface area contributed by atoms with Crippen LogP contribution in [0.5, 0.6) is 5.88 Å². The highest BCUT2D eigenvalue weighted by atomic mass is 35.5. The van der Waals surface area contributed by atoms with Gasteiger partial charge >= 0.3 is 0 Å². The number of nitrogens with zero attached hydrogens (tertiary/aromatic N) is 2. The summed E-state index contributed by atoms with van der Waals surface area (Å²) in [7, 11) is 0. The lowest BCUT2D eigenvalue weighted by molar-refractivity contribution is -0.0817. The van der Waals surface area contributed by atoms with Crippen LogP contribution >= 0.6 is 11.6 Å². The van der Waals surface area contributed by atoms with Crippen molar-refractivity contribution in [2.75, 3.05) is 13.2 Å². The van der Waals surface area contributed by atoms with Gasteiger partial charge < -0.3 is 9.47 Å². The molecule has 5 heteroatoms. The van der Waals surface area contributed by atoms with Crippen molar-refractivity contribution >= 4 is 11.6 Å². The van der Waals surface area contributed by atoms with Crippen molar-refractivity contribution in [1.82, 2.24) is 9.97 Å². The SMILES string of the molecule is Cc1ncc(CCl)c(OC2COC2)n1. The standard InChI is InChI=1S/C9H11ClN2O2/c1-6-11-3-7(2-10)9(12-6)14-8-4-13-5-8/h3,8H,2,4-5H2,1H3. The molecule has 2 heterocycles. The first-order valence-electron chi connectivity index (χ1n) is 4.42. The van der Waals surface area contributed by atoms with Crippen LogP contribution in [-0.2, 0) is 10.6 Å². The van der Waals surface area contributed by atoms with E-state index in [0.29, 0.717) is 30.8 Å². The third-order valence-electron chi connectivity index (χ3n) is 1.98. The van der Waals surface area contributed by atoms with E-state index in [4.69, 9.17) is 21.1 Å². The Morgan fingerprint density at radius 3 is 3.00 bits per heavy atom. The van der Waals surface area contributed by atoms with Crippen LogP contribution in [-0.4, -0.2) is 29.3 Å².